The van der Waals surface area contributed by atoms with Crippen molar-refractivity contribution < 1.29 is 14.4 Å². The Bertz CT molecular complexity index is 1440. The lowest BCUT2D eigenvalue weighted by molar-refractivity contribution is -0.123. The number of rotatable bonds is 8. The maximum absolute atomic E-state index is 13.2. The molecule has 7 nitrogen and oxygen atoms in total. The summed E-state index contributed by atoms with van der Waals surface area (Å²) in [5.41, 5.74) is 3.28. The highest BCUT2D eigenvalue weighted by Crippen LogP contribution is 2.30. The average Bonchev–Trinajstić information content (AvgIpc) is 3.00. The van der Waals surface area contributed by atoms with E-state index in [0.717, 1.165) is 48.1 Å². The van der Waals surface area contributed by atoms with Gasteiger partial charge in [0.15, 0.2) is 0 Å². The van der Waals surface area contributed by atoms with Gasteiger partial charge in [-0.1, -0.05) is 84.9 Å². The molecule has 7 heteroatoms. The molecule has 0 aromatic heterocycles. The van der Waals surface area contributed by atoms with Crippen molar-refractivity contribution in [3.8, 4) is 0 Å². The molecular weight excluding hydrogens is 500 g/mol. The van der Waals surface area contributed by atoms with Crippen LogP contribution in [0.5, 0.6) is 0 Å². The number of imide groups is 1. The van der Waals surface area contributed by atoms with Gasteiger partial charge in [-0.05, 0) is 28.6 Å². The van der Waals surface area contributed by atoms with E-state index in [0.29, 0.717) is 30.8 Å². The second kappa shape index (κ2) is 11.4. The number of benzene rings is 4. The van der Waals surface area contributed by atoms with Crippen molar-refractivity contribution in [3.63, 3.8) is 0 Å². The first-order valence-corrected chi connectivity index (χ1v) is 13.8. The Morgan fingerprint density at radius 2 is 1.18 bits per heavy atom. The molecule has 2 aliphatic heterocycles. The molecule has 0 aliphatic carbocycles. The lowest BCUT2D eigenvalue weighted by Crippen LogP contribution is -2.52. The Labute approximate surface area is 234 Å². The first-order chi connectivity index (χ1) is 19.6. The predicted octanol–water partition coefficient (Wildman–Crippen LogP) is 3.96. The molecule has 0 unspecified atom stereocenters. The lowest BCUT2D eigenvalue weighted by atomic mass is 9.94. The quantitative estimate of drug-likeness (QED) is 0.348. The number of carbonyl (C=O) groups excluding carboxylic acids is 3. The Hall–Kier alpha value is -4.33. The summed E-state index contributed by atoms with van der Waals surface area (Å²) < 4.78 is 0. The van der Waals surface area contributed by atoms with Crippen molar-refractivity contribution in [3.05, 3.63) is 119 Å². The van der Waals surface area contributed by atoms with Crippen LogP contribution in [0.15, 0.2) is 97.1 Å². The molecule has 6 rings (SSSR count). The van der Waals surface area contributed by atoms with E-state index in [1.54, 1.807) is 12.1 Å². The molecular formula is C33H32N4O3. The third-order valence-corrected chi connectivity index (χ3v) is 7.90. The molecule has 4 aromatic carbocycles. The highest BCUT2D eigenvalue weighted by atomic mass is 16.2. The van der Waals surface area contributed by atoms with E-state index in [1.165, 1.54) is 4.90 Å². The minimum Gasteiger partial charge on any atom is -0.344 e. The number of hydrogen-bond donors (Lipinski definition) is 1. The minimum absolute atomic E-state index is 0.0106. The van der Waals surface area contributed by atoms with Crippen LogP contribution in [0.3, 0.4) is 0 Å². The van der Waals surface area contributed by atoms with Gasteiger partial charge in [-0.3, -0.25) is 29.1 Å². The Balaban J connectivity index is 1.03. The van der Waals surface area contributed by atoms with Gasteiger partial charge in [-0.2, -0.15) is 0 Å². The fourth-order valence-electron chi connectivity index (χ4n) is 5.76. The topological polar surface area (TPSA) is 73.0 Å². The summed E-state index contributed by atoms with van der Waals surface area (Å²) in [7, 11) is 0. The summed E-state index contributed by atoms with van der Waals surface area (Å²) in [6.07, 6.45) is 0. The summed E-state index contributed by atoms with van der Waals surface area (Å²) >= 11 is 0. The van der Waals surface area contributed by atoms with Gasteiger partial charge in [-0.25, -0.2) is 0 Å². The highest BCUT2D eigenvalue weighted by Gasteiger charge is 2.33. The number of piperazine rings is 1. The molecule has 0 bridgehead atoms. The molecule has 0 saturated carbocycles. The monoisotopic (exact) mass is 532 g/mol. The summed E-state index contributed by atoms with van der Waals surface area (Å²) in [4.78, 5) is 45.3. The van der Waals surface area contributed by atoms with Gasteiger partial charge in [0.25, 0.3) is 11.8 Å². The van der Waals surface area contributed by atoms with Crippen LogP contribution in [0.2, 0.25) is 0 Å². The zero-order valence-electron chi connectivity index (χ0n) is 22.3. The van der Waals surface area contributed by atoms with Crippen LogP contribution in [0.4, 0.5) is 0 Å². The van der Waals surface area contributed by atoms with Crippen molar-refractivity contribution in [2.45, 2.75) is 6.04 Å². The average molecular weight is 533 g/mol. The van der Waals surface area contributed by atoms with Gasteiger partial charge in [0.2, 0.25) is 5.91 Å². The molecule has 0 radical (unpaired) electrons. The van der Waals surface area contributed by atoms with Crippen LogP contribution in [-0.4, -0.2) is 78.2 Å². The molecule has 202 valence electrons. The molecule has 2 heterocycles. The third-order valence-electron chi connectivity index (χ3n) is 7.90. The second-order valence-electron chi connectivity index (χ2n) is 10.4. The van der Waals surface area contributed by atoms with Crippen LogP contribution in [0.1, 0.15) is 37.9 Å². The standard InChI is InChI=1S/C33H32N4O3/c38-29(34-31(25-9-3-1-4-10-25)26-11-5-2-6-12-26)23-36-19-17-35(18-20-36)21-22-37-32(39)27-15-7-13-24-14-8-16-28(30(24)27)33(37)40/h1-16,31H,17-23H2,(H,34,38). The van der Waals surface area contributed by atoms with E-state index in [1.807, 2.05) is 84.9 Å². The van der Waals surface area contributed by atoms with E-state index >= 15 is 0 Å². The highest BCUT2D eigenvalue weighted by molar-refractivity contribution is 6.25. The molecule has 1 saturated heterocycles. The first-order valence-electron chi connectivity index (χ1n) is 13.8. The molecule has 3 amide bonds. The molecule has 2 aliphatic rings. The molecule has 1 N–H and O–H groups in total. The normalized spacial score (nSPS) is 16.1. The molecule has 0 spiro atoms. The smallest absolute Gasteiger partial charge is 0.261 e. The van der Waals surface area contributed by atoms with Crippen molar-refractivity contribution in [1.29, 1.82) is 0 Å². The first kappa shape index (κ1) is 25.9. The van der Waals surface area contributed by atoms with Crippen LogP contribution in [0, 0.1) is 0 Å². The van der Waals surface area contributed by atoms with E-state index in [-0.39, 0.29) is 23.8 Å². The number of amides is 3. The van der Waals surface area contributed by atoms with Gasteiger partial charge in [0, 0.05) is 55.8 Å². The second-order valence-corrected chi connectivity index (χ2v) is 10.4. The third kappa shape index (κ3) is 5.26. The predicted molar refractivity (Wildman–Crippen MR) is 155 cm³/mol. The van der Waals surface area contributed by atoms with Gasteiger partial charge in [0.1, 0.15) is 0 Å². The SMILES string of the molecule is O=C(CN1CCN(CCN2C(=O)c3cccc4cccc(c34)C2=O)CC1)NC(c1ccccc1)c1ccccc1. The maximum Gasteiger partial charge on any atom is 0.261 e. The van der Waals surface area contributed by atoms with Crippen LogP contribution in [-0.2, 0) is 4.79 Å². The van der Waals surface area contributed by atoms with E-state index in [9.17, 15) is 14.4 Å². The van der Waals surface area contributed by atoms with E-state index in [2.05, 4.69) is 15.1 Å². The van der Waals surface area contributed by atoms with Crippen molar-refractivity contribution in [2.24, 2.45) is 0 Å². The van der Waals surface area contributed by atoms with E-state index < -0.39 is 0 Å². The Kier molecular flexibility index (Phi) is 7.40. The van der Waals surface area contributed by atoms with Crippen molar-refractivity contribution in [1.82, 2.24) is 20.0 Å². The Morgan fingerprint density at radius 3 is 1.73 bits per heavy atom. The lowest BCUT2D eigenvalue weighted by Gasteiger charge is -2.36. The number of nitrogens with one attached hydrogen (secondary N) is 1. The Morgan fingerprint density at radius 1 is 0.650 bits per heavy atom. The maximum atomic E-state index is 13.2. The minimum atomic E-state index is -0.226. The summed E-state index contributed by atoms with van der Waals surface area (Å²) in [5.74, 6) is -0.463. The number of nitrogens with zero attached hydrogens (tertiary/aromatic N) is 3. The molecule has 0 atom stereocenters. The summed E-state index contributed by atoms with van der Waals surface area (Å²) in [6.45, 7) is 4.33. The van der Waals surface area contributed by atoms with Gasteiger partial charge in [0.05, 0.1) is 12.6 Å². The fourth-order valence-corrected chi connectivity index (χ4v) is 5.76. The van der Waals surface area contributed by atoms with Crippen LogP contribution in [0.25, 0.3) is 10.8 Å². The zero-order valence-corrected chi connectivity index (χ0v) is 22.3. The molecule has 1 fully saturated rings. The number of hydrogen-bond acceptors (Lipinski definition) is 5. The fraction of sp³-hybridized carbons (Fsp3) is 0.242. The van der Waals surface area contributed by atoms with Crippen LogP contribution < -0.4 is 5.32 Å². The van der Waals surface area contributed by atoms with Crippen molar-refractivity contribution >= 4 is 28.5 Å². The zero-order chi connectivity index (χ0) is 27.5. The van der Waals surface area contributed by atoms with Crippen molar-refractivity contribution in [2.75, 3.05) is 45.8 Å². The molecule has 4 aromatic rings. The summed E-state index contributed by atoms with van der Waals surface area (Å²) in [6, 6.07) is 31.0. The van der Waals surface area contributed by atoms with Gasteiger partial charge in [-0.15, -0.1) is 0 Å². The van der Waals surface area contributed by atoms with Gasteiger partial charge >= 0.3 is 0 Å². The summed E-state index contributed by atoms with van der Waals surface area (Å²) in [5, 5.41) is 4.89. The number of carbonyl (C=O) groups is 3. The largest absolute Gasteiger partial charge is 0.344 e. The van der Waals surface area contributed by atoms with E-state index in [4.69, 9.17) is 0 Å². The molecule has 40 heavy (non-hydrogen) atoms. The van der Waals surface area contributed by atoms with Gasteiger partial charge < -0.3 is 5.32 Å². The van der Waals surface area contributed by atoms with Crippen LogP contribution >= 0.6 is 0 Å².